The highest BCUT2D eigenvalue weighted by molar-refractivity contribution is 9.10. The Morgan fingerprint density at radius 3 is 2.88 bits per heavy atom. The van der Waals surface area contributed by atoms with Crippen LogP contribution in [0.5, 0.6) is 11.5 Å². The summed E-state index contributed by atoms with van der Waals surface area (Å²) in [6, 6.07) is 3.28. The van der Waals surface area contributed by atoms with E-state index in [2.05, 4.69) is 22.5 Å². The molecule has 0 heterocycles. The lowest BCUT2D eigenvalue weighted by Crippen LogP contribution is -2.11. The molecule has 3 N–H and O–H groups in total. The summed E-state index contributed by atoms with van der Waals surface area (Å²) < 4.78 is 5.84. The molecule has 0 bridgehead atoms. The highest BCUT2D eigenvalue weighted by atomic mass is 79.9. The molecule has 0 aromatic heterocycles. The molecule has 0 aliphatic heterocycles. The van der Waals surface area contributed by atoms with Gasteiger partial charge in [0, 0.05) is 16.1 Å². The number of hydrogen-bond acceptors (Lipinski definition) is 3. The van der Waals surface area contributed by atoms with E-state index in [9.17, 15) is 5.11 Å². The van der Waals surface area contributed by atoms with Gasteiger partial charge in [-0.3, -0.25) is 0 Å². The standard InChI is InChI=1S/C12H16BrNO2/c1-3-4-5-9(14)11-8(13)6-7-10(16-2)12(11)15/h3,6-7,9,15H,1,4-5,14H2,2H3/t9-/m1/s1. The fourth-order valence-electron chi connectivity index (χ4n) is 1.52. The Morgan fingerprint density at radius 1 is 1.62 bits per heavy atom. The van der Waals surface area contributed by atoms with Gasteiger partial charge >= 0.3 is 0 Å². The zero-order valence-corrected chi connectivity index (χ0v) is 10.8. The topological polar surface area (TPSA) is 55.5 Å². The number of halogens is 1. The van der Waals surface area contributed by atoms with Crippen molar-refractivity contribution in [3.8, 4) is 11.5 Å². The third kappa shape index (κ3) is 2.77. The van der Waals surface area contributed by atoms with Crippen molar-refractivity contribution >= 4 is 15.9 Å². The lowest BCUT2D eigenvalue weighted by atomic mass is 10.0. The first-order valence-electron chi connectivity index (χ1n) is 5.03. The van der Waals surface area contributed by atoms with Crippen LogP contribution in [0.2, 0.25) is 0 Å². The van der Waals surface area contributed by atoms with Gasteiger partial charge in [-0.2, -0.15) is 0 Å². The van der Waals surface area contributed by atoms with Gasteiger partial charge in [0.25, 0.3) is 0 Å². The van der Waals surface area contributed by atoms with Crippen molar-refractivity contribution in [3.05, 3.63) is 34.8 Å². The molecule has 4 heteroatoms. The number of benzene rings is 1. The molecule has 3 nitrogen and oxygen atoms in total. The van der Waals surface area contributed by atoms with Crippen molar-refractivity contribution in [2.75, 3.05) is 7.11 Å². The van der Waals surface area contributed by atoms with Crippen LogP contribution >= 0.6 is 15.9 Å². The van der Waals surface area contributed by atoms with E-state index < -0.39 is 0 Å². The molecule has 1 aromatic carbocycles. The van der Waals surface area contributed by atoms with Gasteiger partial charge in [0.15, 0.2) is 11.5 Å². The molecule has 0 spiro atoms. The van der Waals surface area contributed by atoms with E-state index >= 15 is 0 Å². The van der Waals surface area contributed by atoms with Crippen LogP contribution < -0.4 is 10.5 Å². The van der Waals surface area contributed by atoms with Crippen molar-refractivity contribution in [1.29, 1.82) is 0 Å². The Kier molecular flexibility index (Phi) is 4.83. The van der Waals surface area contributed by atoms with Gasteiger partial charge in [-0.25, -0.2) is 0 Å². The van der Waals surface area contributed by atoms with Crippen molar-refractivity contribution in [3.63, 3.8) is 0 Å². The van der Waals surface area contributed by atoms with Gasteiger partial charge in [-0.05, 0) is 25.0 Å². The predicted octanol–water partition coefficient (Wildman–Crippen LogP) is 3.13. The smallest absolute Gasteiger partial charge is 0.163 e. The molecule has 16 heavy (non-hydrogen) atoms. The van der Waals surface area contributed by atoms with Crippen LogP contribution in [0.1, 0.15) is 24.4 Å². The summed E-state index contributed by atoms with van der Waals surface area (Å²) in [5.74, 6) is 0.542. The molecule has 1 aromatic rings. The molecule has 0 fully saturated rings. The number of nitrogens with two attached hydrogens (primary N) is 1. The van der Waals surface area contributed by atoms with Crippen LogP contribution in [0.25, 0.3) is 0 Å². The van der Waals surface area contributed by atoms with Crippen molar-refractivity contribution in [2.24, 2.45) is 5.73 Å². The fraction of sp³-hybridized carbons (Fsp3) is 0.333. The molecular weight excluding hydrogens is 270 g/mol. The van der Waals surface area contributed by atoms with Crippen molar-refractivity contribution in [2.45, 2.75) is 18.9 Å². The highest BCUT2D eigenvalue weighted by Crippen LogP contribution is 2.39. The summed E-state index contributed by atoms with van der Waals surface area (Å²) in [6.45, 7) is 3.65. The number of phenolic OH excluding ortho intramolecular Hbond substituents is 1. The van der Waals surface area contributed by atoms with E-state index in [1.807, 2.05) is 12.1 Å². The molecule has 0 amide bonds. The third-order valence-electron chi connectivity index (χ3n) is 2.40. The van der Waals surface area contributed by atoms with E-state index in [4.69, 9.17) is 10.5 Å². The molecule has 0 radical (unpaired) electrons. The third-order valence-corrected chi connectivity index (χ3v) is 3.09. The molecule has 1 atom stereocenters. The van der Waals surface area contributed by atoms with E-state index in [1.165, 1.54) is 7.11 Å². The number of phenols is 1. The lowest BCUT2D eigenvalue weighted by molar-refractivity contribution is 0.367. The summed E-state index contributed by atoms with van der Waals surface area (Å²) in [6.07, 6.45) is 3.36. The molecule has 0 aliphatic rings. The first-order valence-corrected chi connectivity index (χ1v) is 5.83. The maximum Gasteiger partial charge on any atom is 0.163 e. The molecule has 0 unspecified atom stereocenters. The zero-order valence-electron chi connectivity index (χ0n) is 9.24. The normalized spacial score (nSPS) is 12.2. The quantitative estimate of drug-likeness (QED) is 0.818. The Balaban J connectivity index is 3.05. The van der Waals surface area contributed by atoms with Gasteiger partial charge in [0.2, 0.25) is 0 Å². The minimum absolute atomic E-state index is 0.105. The van der Waals surface area contributed by atoms with E-state index in [-0.39, 0.29) is 11.8 Å². The Bertz CT molecular complexity index is 380. The Labute approximate surface area is 104 Å². The summed E-state index contributed by atoms with van der Waals surface area (Å²) >= 11 is 3.38. The molecule has 88 valence electrons. The summed E-state index contributed by atoms with van der Waals surface area (Å²) in [5.41, 5.74) is 6.69. The van der Waals surface area contributed by atoms with Crippen LogP contribution in [0.3, 0.4) is 0 Å². The van der Waals surface area contributed by atoms with E-state index in [0.29, 0.717) is 11.3 Å². The van der Waals surface area contributed by atoms with Crippen LogP contribution in [-0.4, -0.2) is 12.2 Å². The number of allylic oxidation sites excluding steroid dienone is 1. The van der Waals surface area contributed by atoms with Crippen molar-refractivity contribution < 1.29 is 9.84 Å². The average molecular weight is 286 g/mol. The number of rotatable bonds is 5. The summed E-state index contributed by atoms with van der Waals surface area (Å²) in [5, 5.41) is 9.98. The van der Waals surface area contributed by atoms with Crippen LogP contribution in [0.4, 0.5) is 0 Å². The highest BCUT2D eigenvalue weighted by Gasteiger charge is 2.17. The first kappa shape index (κ1) is 13.1. The number of methoxy groups -OCH3 is 1. The second kappa shape index (κ2) is 5.92. The van der Waals surface area contributed by atoms with Crippen LogP contribution in [0, 0.1) is 0 Å². The van der Waals surface area contributed by atoms with Gasteiger partial charge < -0.3 is 15.6 Å². The Hall–Kier alpha value is -1.00. The van der Waals surface area contributed by atoms with Crippen LogP contribution in [0.15, 0.2) is 29.3 Å². The maximum absolute atomic E-state index is 9.98. The monoisotopic (exact) mass is 285 g/mol. The second-order valence-corrected chi connectivity index (χ2v) is 4.34. The fourth-order valence-corrected chi connectivity index (χ4v) is 2.14. The molecular formula is C12H16BrNO2. The zero-order chi connectivity index (χ0) is 12.1. The van der Waals surface area contributed by atoms with Gasteiger partial charge in [-0.1, -0.05) is 22.0 Å². The maximum atomic E-state index is 9.98. The molecule has 0 aliphatic carbocycles. The SMILES string of the molecule is C=CCC[C@@H](N)c1c(Br)ccc(OC)c1O. The minimum Gasteiger partial charge on any atom is -0.504 e. The van der Waals surface area contributed by atoms with Crippen molar-refractivity contribution in [1.82, 2.24) is 0 Å². The van der Waals surface area contributed by atoms with Gasteiger partial charge in [0.05, 0.1) is 7.11 Å². The minimum atomic E-state index is -0.234. The molecule has 0 saturated heterocycles. The van der Waals surface area contributed by atoms with Gasteiger partial charge in [0.1, 0.15) is 0 Å². The van der Waals surface area contributed by atoms with E-state index in [0.717, 1.165) is 17.3 Å². The van der Waals surface area contributed by atoms with E-state index in [1.54, 1.807) is 6.07 Å². The van der Waals surface area contributed by atoms with Crippen LogP contribution in [-0.2, 0) is 0 Å². The Morgan fingerprint density at radius 2 is 2.31 bits per heavy atom. The number of ether oxygens (including phenoxy) is 1. The largest absolute Gasteiger partial charge is 0.504 e. The number of aromatic hydroxyl groups is 1. The number of hydrogen-bond donors (Lipinski definition) is 2. The second-order valence-electron chi connectivity index (χ2n) is 3.48. The summed E-state index contributed by atoms with van der Waals surface area (Å²) in [7, 11) is 1.52. The summed E-state index contributed by atoms with van der Waals surface area (Å²) in [4.78, 5) is 0. The predicted molar refractivity (Wildman–Crippen MR) is 68.7 cm³/mol. The van der Waals surface area contributed by atoms with Gasteiger partial charge in [-0.15, -0.1) is 6.58 Å². The first-order chi connectivity index (χ1) is 7.61. The molecule has 1 rings (SSSR count). The lowest BCUT2D eigenvalue weighted by Gasteiger charge is -2.16. The average Bonchev–Trinajstić information content (AvgIpc) is 2.26. The molecule has 0 saturated carbocycles.